The third-order valence-corrected chi connectivity index (χ3v) is 2.05. The van der Waals surface area contributed by atoms with Crippen LogP contribution in [-0.4, -0.2) is 23.9 Å². The molecule has 1 aromatic rings. The molecule has 98 valence electrons. The minimum absolute atomic E-state index is 0.0992. The molecule has 3 nitrogen and oxygen atoms in total. The summed E-state index contributed by atoms with van der Waals surface area (Å²) in [5, 5.41) is 9.57. The highest BCUT2D eigenvalue weighted by atomic mass is 19.4. The van der Waals surface area contributed by atoms with Gasteiger partial charge in [-0.2, -0.15) is 13.2 Å². The number of aliphatic hydroxyl groups excluding tert-OH is 1. The van der Waals surface area contributed by atoms with Crippen molar-refractivity contribution >= 4 is 11.7 Å². The van der Waals surface area contributed by atoms with Gasteiger partial charge in [-0.05, 0) is 6.92 Å². The minimum Gasteiger partial charge on any atom is -0.506 e. The monoisotopic (exact) mass is 260 g/mol. The molecule has 0 spiro atoms. The first-order chi connectivity index (χ1) is 8.38. The first kappa shape index (κ1) is 14.1. The lowest BCUT2D eigenvalue weighted by Crippen LogP contribution is -2.24. The van der Waals surface area contributed by atoms with Crippen molar-refractivity contribution in [3.05, 3.63) is 41.5 Å². The Morgan fingerprint density at radius 3 is 2.28 bits per heavy atom. The van der Waals surface area contributed by atoms with Gasteiger partial charge in [-0.15, -0.1) is 0 Å². The van der Waals surface area contributed by atoms with E-state index in [1.807, 2.05) is 0 Å². The summed E-state index contributed by atoms with van der Waals surface area (Å²) in [6.07, 6.45) is -4.98. The number of hydrogen-bond donors (Lipinski definition) is 1. The van der Waals surface area contributed by atoms with E-state index in [1.165, 1.54) is 31.2 Å². The molecule has 0 saturated heterocycles. The molecule has 0 atom stereocenters. The Kier molecular flexibility index (Phi) is 4.36. The quantitative estimate of drug-likeness (QED) is 0.516. The van der Waals surface area contributed by atoms with Crippen LogP contribution in [-0.2, 0) is 9.53 Å². The topological polar surface area (TPSA) is 46.5 Å². The van der Waals surface area contributed by atoms with E-state index in [0.29, 0.717) is 0 Å². The van der Waals surface area contributed by atoms with Crippen molar-refractivity contribution in [2.24, 2.45) is 0 Å². The maximum absolute atomic E-state index is 12.7. The fraction of sp³-hybridized carbons (Fsp3) is 0.250. The van der Waals surface area contributed by atoms with E-state index in [9.17, 15) is 23.1 Å². The standard InChI is InChI=1S/C12H11F3O3/c1-2-18-11(17)9(12(13,14)15)10(16)8-6-4-3-5-7-8/h3-7,16H,2H2,1H3/b10-9+. The number of hydrogen-bond acceptors (Lipinski definition) is 3. The van der Waals surface area contributed by atoms with E-state index in [2.05, 4.69) is 4.74 Å². The summed E-state index contributed by atoms with van der Waals surface area (Å²) in [5.41, 5.74) is -1.80. The van der Waals surface area contributed by atoms with Crippen molar-refractivity contribution in [2.45, 2.75) is 13.1 Å². The van der Waals surface area contributed by atoms with Crippen LogP contribution in [0.15, 0.2) is 35.9 Å². The maximum Gasteiger partial charge on any atom is 0.427 e. The zero-order valence-electron chi connectivity index (χ0n) is 9.49. The molecule has 0 aliphatic carbocycles. The Balaban J connectivity index is 3.29. The molecule has 0 aliphatic rings. The van der Waals surface area contributed by atoms with Crippen LogP contribution in [0.3, 0.4) is 0 Å². The third kappa shape index (κ3) is 3.26. The highest BCUT2D eigenvalue weighted by molar-refractivity contribution is 5.97. The summed E-state index contributed by atoms with van der Waals surface area (Å²) >= 11 is 0. The first-order valence-electron chi connectivity index (χ1n) is 5.11. The molecule has 0 unspecified atom stereocenters. The summed E-state index contributed by atoms with van der Waals surface area (Å²) in [6.45, 7) is 1.17. The van der Waals surface area contributed by atoms with Gasteiger partial charge in [0.2, 0.25) is 0 Å². The van der Waals surface area contributed by atoms with Gasteiger partial charge >= 0.3 is 12.1 Å². The normalized spacial score (nSPS) is 12.9. The Morgan fingerprint density at radius 2 is 1.83 bits per heavy atom. The largest absolute Gasteiger partial charge is 0.506 e. The molecule has 1 aromatic carbocycles. The van der Waals surface area contributed by atoms with Gasteiger partial charge in [0.15, 0.2) is 5.57 Å². The fourth-order valence-electron chi connectivity index (χ4n) is 1.29. The molecule has 6 heteroatoms. The second-order valence-electron chi connectivity index (χ2n) is 3.31. The summed E-state index contributed by atoms with van der Waals surface area (Å²) < 4.78 is 42.4. The lowest BCUT2D eigenvalue weighted by molar-refractivity contribution is -0.150. The van der Waals surface area contributed by atoms with Gasteiger partial charge in [0, 0.05) is 5.56 Å². The zero-order chi connectivity index (χ0) is 13.8. The van der Waals surface area contributed by atoms with Crippen molar-refractivity contribution in [3.63, 3.8) is 0 Å². The molecule has 18 heavy (non-hydrogen) atoms. The Morgan fingerprint density at radius 1 is 1.28 bits per heavy atom. The number of halogens is 3. The molecule has 1 N–H and O–H groups in total. The average Bonchev–Trinajstić information content (AvgIpc) is 2.28. The Labute approximate surface area is 101 Å². The number of rotatable bonds is 3. The average molecular weight is 260 g/mol. The number of aliphatic hydroxyl groups is 1. The number of alkyl halides is 3. The van der Waals surface area contributed by atoms with Crippen LogP contribution in [0.25, 0.3) is 5.76 Å². The molecule has 0 amide bonds. The predicted octanol–water partition coefficient (Wildman–Crippen LogP) is 3.08. The van der Waals surface area contributed by atoms with E-state index in [-0.39, 0.29) is 12.2 Å². The van der Waals surface area contributed by atoms with Crippen LogP contribution in [0.2, 0.25) is 0 Å². The molecule has 0 radical (unpaired) electrons. The highest BCUT2D eigenvalue weighted by Gasteiger charge is 2.43. The van der Waals surface area contributed by atoms with Crippen LogP contribution in [0.5, 0.6) is 0 Å². The Hall–Kier alpha value is -1.98. The summed E-state index contributed by atoms with van der Waals surface area (Å²) in [6, 6.07) is 7.00. The van der Waals surface area contributed by atoms with Crippen LogP contribution in [0.4, 0.5) is 13.2 Å². The summed E-state index contributed by atoms with van der Waals surface area (Å²) in [5.74, 6) is -2.73. The third-order valence-electron chi connectivity index (χ3n) is 2.05. The molecule has 0 heterocycles. The van der Waals surface area contributed by atoms with Gasteiger partial charge < -0.3 is 9.84 Å². The van der Waals surface area contributed by atoms with E-state index in [0.717, 1.165) is 0 Å². The van der Waals surface area contributed by atoms with Gasteiger partial charge in [0.1, 0.15) is 5.76 Å². The van der Waals surface area contributed by atoms with Gasteiger partial charge in [0.25, 0.3) is 0 Å². The van der Waals surface area contributed by atoms with Crippen LogP contribution in [0, 0.1) is 0 Å². The molecular weight excluding hydrogens is 249 g/mol. The van der Waals surface area contributed by atoms with Crippen molar-refractivity contribution in [3.8, 4) is 0 Å². The van der Waals surface area contributed by atoms with Gasteiger partial charge in [-0.3, -0.25) is 0 Å². The second kappa shape index (κ2) is 5.57. The predicted molar refractivity (Wildman–Crippen MR) is 58.7 cm³/mol. The number of carbonyl (C=O) groups is 1. The Bertz CT molecular complexity index is 449. The fourth-order valence-corrected chi connectivity index (χ4v) is 1.29. The zero-order valence-corrected chi connectivity index (χ0v) is 9.49. The van der Waals surface area contributed by atoms with E-state index in [1.54, 1.807) is 6.07 Å². The summed E-state index contributed by atoms with van der Waals surface area (Å²) in [4.78, 5) is 11.2. The van der Waals surface area contributed by atoms with E-state index in [4.69, 9.17) is 0 Å². The van der Waals surface area contributed by atoms with E-state index >= 15 is 0 Å². The number of carbonyl (C=O) groups excluding carboxylic acids is 1. The maximum atomic E-state index is 12.7. The molecule has 0 aromatic heterocycles. The first-order valence-corrected chi connectivity index (χ1v) is 5.11. The smallest absolute Gasteiger partial charge is 0.427 e. The second-order valence-corrected chi connectivity index (χ2v) is 3.31. The molecule has 0 fully saturated rings. The van der Waals surface area contributed by atoms with Gasteiger partial charge in [0.05, 0.1) is 6.61 Å². The lowest BCUT2D eigenvalue weighted by Gasteiger charge is -2.13. The van der Waals surface area contributed by atoms with Gasteiger partial charge in [-0.1, -0.05) is 30.3 Å². The summed E-state index contributed by atoms with van der Waals surface area (Å²) in [7, 11) is 0. The number of ether oxygens (including phenoxy) is 1. The SMILES string of the molecule is CCOC(=O)/C(=C(\O)c1ccccc1)C(F)(F)F. The van der Waals surface area contributed by atoms with Crippen molar-refractivity contribution < 1.29 is 27.8 Å². The van der Waals surface area contributed by atoms with Crippen molar-refractivity contribution in [1.29, 1.82) is 0 Å². The molecule has 1 rings (SSSR count). The molecular formula is C12H11F3O3. The van der Waals surface area contributed by atoms with Crippen LogP contribution < -0.4 is 0 Å². The van der Waals surface area contributed by atoms with Crippen molar-refractivity contribution in [1.82, 2.24) is 0 Å². The molecule has 0 bridgehead atoms. The lowest BCUT2D eigenvalue weighted by atomic mass is 10.1. The minimum atomic E-state index is -4.98. The number of benzene rings is 1. The van der Waals surface area contributed by atoms with Crippen LogP contribution >= 0.6 is 0 Å². The van der Waals surface area contributed by atoms with Gasteiger partial charge in [-0.25, -0.2) is 4.79 Å². The molecule has 0 aliphatic heterocycles. The van der Waals surface area contributed by atoms with Crippen molar-refractivity contribution in [2.75, 3.05) is 6.61 Å². The van der Waals surface area contributed by atoms with E-state index < -0.39 is 23.5 Å². The van der Waals surface area contributed by atoms with Crippen LogP contribution in [0.1, 0.15) is 12.5 Å². The molecule has 0 saturated carbocycles. The highest BCUT2D eigenvalue weighted by Crippen LogP contribution is 2.32. The number of esters is 1.